The zero-order chi connectivity index (χ0) is 29.3. The van der Waals surface area contributed by atoms with E-state index in [1.54, 1.807) is 28.0 Å². The Hall–Kier alpha value is -3.17. The van der Waals surface area contributed by atoms with Crippen molar-refractivity contribution >= 4 is 56.9 Å². The van der Waals surface area contributed by atoms with Crippen LogP contribution in [0.2, 0.25) is 0 Å². The summed E-state index contributed by atoms with van der Waals surface area (Å²) in [6, 6.07) is 13.1. The minimum atomic E-state index is -0.619. The maximum Gasteiger partial charge on any atom is 0.338 e. The lowest BCUT2D eigenvalue weighted by molar-refractivity contribution is -0.136. The lowest BCUT2D eigenvalue weighted by Crippen LogP contribution is -2.52. The van der Waals surface area contributed by atoms with Crippen molar-refractivity contribution in [3.05, 3.63) is 64.0 Å². The van der Waals surface area contributed by atoms with Gasteiger partial charge in [0.1, 0.15) is 6.04 Å². The molecule has 3 atom stereocenters. The molecule has 9 rings (SSSR count). The molecule has 7 nitrogen and oxygen atoms in total. The van der Waals surface area contributed by atoms with Gasteiger partial charge in [-0.3, -0.25) is 19.7 Å². The van der Waals surface area contributed by atoms with E-state index in [0.29, 0.717) is 36.1 Å². The maximum absolute atomic E-state index is 13.2. The molecule has 0 radical (unpaired) electrons. The van der Waals surface area contributed by atoms with Crippen LogP contribution in [0, 0.1) is 23.2 Å². The minimum absolute atomic E-state index is 0.157. The molecule has 3 amide bonds. The molecule has 3 aromatic rings. The average molecular weight is 615 g/mol. The van der Waals surface area contributed by atoms with Crippen molar-refractivity contribution in [2.24, 2.45) is 23.2 Å². The molecule has 4 aliphatic carbocycles. The summed E-state index contributed by atoms with van der Waals surface area (Å²) in [6.07, 6.45) is 8.50. The molecule has 1 saturated heterocycles. The first-order valence-electron chi connectivity index (χ1n) is 15.4. The van der Waals surface area contributed by atoms with Crippen LogP contribution in [0.1, 0.15) is 82.5 Å². The van der Waals surface area contributed by atoms with Crippen molar-refractivity contribution in [2.75, 3.05) is 6.61 Å². The second kappa shape index (κ2) is 10.5. The summed E-state index contributed by atoms with van der Waals surface area (Å²) >= 11 is 3.38. The van der Waals surface area contributed by atoms with Gasteiger partial charge in [-0.25, -0.2) is 4.79 Å². The van der Waals surface area contributed by atoms with Crippen LogP contribution < -0.4 is 5.32 Å². The molecule has 5 fully saturated rings. The van der Waals surface area contributed by atoms with E-state index in [2.05, 4.69) is 11.4 Å². The third-order valence-corrected chi connectivity index (χ3v) is 13.2. The second-order valence-electron chi connectivity index (χ2n) is 13.2. The zero-order valence-corrected chi connectivity index (χ0v) is 25.6. The van der Waals surface area contributed by atoms with Crippen molar-refractivity contribution < 1.29 is 23.9 Å². The lowest BCUT2D eigenvalue weighted by Gasteiger charge is -2.32. The number of piperidine rings is 1. The molecule has 0 spiro atoms. The van der Waals surface area contributed by atoms with E-state index in [1.807, 2.05) is 36.4 Å². The van der Waals surface area contributed by atoms with Gasteiger partial charge in [0.05, 0.1) is 12.2 Å². The molecule has 4 saturated carbocycles. The number of hydrogen-bond acceptors (Lipinski definition) is 7. The van der Waals surface area contributed by atoms with E-state index in [1.165, 1.54) is 37.0 Å². The summed E-state index contributed by atoms with van der Waals surface area (Å²) in [7, 11) is 0. The predicted molar refractivity (Wildman–Crippen MR) is 165 cm³/mol. The Kier molecular flexibility index (Phi) is 6.67. The van der Waals surface area contributed by atoms with E-state index >= 15 is 0 Å². The van der Waals surface area contributed by atoms with E-state index < -0.39 is 11.9 Å². The van der Waals surface area contributed by atoms with Crippen LogP contribution in [0.4, 0.5) is 0 Å². The highest BCUT2D eigenvalue weighted by atomic mass is 32.2. The van der Waals surface area contributed by atoms with E-state index in [9.17, 15) is 19.2 Å². The first kappa shape index (κ1) is 27.4. The van der Waals surface area contributed by atoms with Crippen LogP contribution in [-0.2, 0) is 26.6 Å². The number of nitrogens with zero attached hydrogens (tertiary/aromatic N) is 1. The summed E-state index contributed by atoms with van der Waals surface area (Å²) in [6.45, 7) is 0.883. The van der Waals surface area contributed by atoms with Gasteiger partial charge in [0.15, 0.2) is 0 Å². The normalized spacial score (nSPS) is 29.0. The lowest BCUT2D eigenvalue weighted by atomic mass is 9.74. The molecule has 1 aromatic heterocycles. The van der Waals surface area contributed by atoms with E-state index in [0.717, 1.165) is 50.5 Å². The number of ether oxygens (including phenoxy) is 1. The Morgan fingerprint density at radius 2 is 1.91 bits per heavy atom. The molecule has 6 aliphatic rings. The molecular formula is C34H34N2O5S2. The number of thiophene rings is 1. The largest absolute Gasteiger partial charge is 0.462 e. The SMILES string of the molecule is O=C1CCC(N2Cc3c(SCc4cc5cc(C(=O)OCCC67CC8CC(CC6C8)C7)ccc5s4)cccc3C2=O)C(=O)N1. The minimum Gasteiger partial charge on any atom is -0.462 e. The molecule has 9 heteroatoms. The van der Waals surface area contributed by atoms with Gasteiger partial charge in [-0.15, -0.1) is 23.1 Å². The van der Waals surface area contributed by atoms with Gasteiger partial charge in [0.2, 0.25) is 11.8 Å². The quantitative estimate of drug-likeness (QED) is 0.181. The van der Waals surface area contributed by atoms with Crippen molar-refractivity contribution in [1.29, 1.82) is 0 Å². The van der Waals surface area contributed by atoms with Crippen molar-refractivity contribution in [2.45, 2.75) is 74.6 Å². The maximum atomic E-state index is 13.2. The number of hydrogen-bond donors (Lipinski definition) is 1. The van der Waals surface area contributed by atoms with Gasteiger partial charge >= 0.3 is 5.97 Å². The first-order chi connectivity index (χ1) is 20.8. The van der Waals surface area contributed by atoms with Crippen molar-refractivity contribution in [3.8, 4) is 0 Å². The van der Waals surface area contributed by atoms with Crippen molar-refractivity contribution in [3.63, 3.8) is 0 Å². The Morgan fingerprint density at radius 3 is 2.72 bits per heavy atom. The number of rotatable bonds is 8. The Labute approximate surface area is 258 Å². The van der Waals surface area contributed by atoms with E-state index in [-0.39, 0.29) is 24.2 Å². The van der Waals surface area contributed by atoms with Gasteiger partial charge in [-0.1, -0.05) is 6.07 Å². The van der Waals surface area contributed by atoms with Gasteiger partial charge in [-0.2, -0.15) is 0 Å². The molecule has 222 valence electrons. The van der Waals surface area contributed by atoms with Crippen molar-refractivity contribution in [1.82, 2.24) is 10.2 Å². The molecule has 2 aliphatic heterocycles. The second-order valence-corrected chi connectivity index (χ2v) is 15.4. The van der Waals surface area contributed by atoms with Crippen LogP contribution in [0.5, 0.6) is 0 Å². The number of esters is 1. The van der Waals surface area contributed by atoms with Gasteiger partial charge in [0, 0.05) is 38.8 Å². The van der Waals surface area contributed by atoms with Crippen LogP contribution >= 0.6 is 23.1 Å². The molecule has 1 N–H and O–H groups in total. The topological polar surface area (TPSA) is 92.8 Å². The number of nitrogens with one attached hydrogen (secondary N) is 1. The molecule has 2 aromatic carbocycles. The number of carbonyl (C=O) groups is 4. The number of fused-ring (bicyclic) bond motifs is 2. The number of thioether (sulfide) groups is 1. The number of imide groups is 1. The van der Waals surface area contributed by atoms with Gasteiger partial charge in [0.25, 0.3) is 5.91 Å². The molecule has 4 bridgehead atoms. The Bertz CT molecular complexity index is 1670. The Balaban J connectivity index is 0.907. The monoisotopic (exact) mass is 614 g/mol. The Morgan fingerprint density at radius 1 is 1.07 bits per heavy atom. The predicted octanol–water partition coefficient (Wildman–Crippen LogP) is 6.33. The van der Waals surface area contributed by atoms with Crippen LogP contribution in [0.25, 0.3) is 10.1 Å². The van der Waals surface area contributed by atoms with Gasteiger partial charge < -0.3 is 9.64 Å². The zero-order valence-electron chi connectivity index (χ0n) is 23.9. The number of carbonyl (C=O) groups excluding carboxylic acids is 4. The smallest absolute Gasteiger partial charge is 0.338 e. The fourth-order valence-electron chi connectivity index (χ4n) is 8.94. The highest BCUT2D eigenvalue weighted by Crippen LogP contribution is 2.66. The van der Waals surface area contributed by atoms with Crippen LogP contribution in [-0.4, -0.2) is 41.2 Å². The summed E-state index contributed by atoms with van der Waals surface area (Å²) < 4.78 is 6.93. The average Bonchev–Trinajstić information content (AvgIpc) is 3.68. The highest BCUT2D eigenvalue weighted by Gasteiger charge is 2.57. The summed E-state index contributed by atoms with van der Waals surface area (Å²) in [5.41, 5.74) is 2.60. The standard InChI is InChI=1S/C34H34N2O5S2/c37-30-7-5-27(31(38)35-30)36-17-26-25(32(36)39)2-1-3-29(26)42-18-24-14-22-13-21(4-6-28(22)43-24)33(40)41-9-8-34-15-19-10-20(16-34)12-23(34)11-19/h1-4,6,13-14,19-20,23,27H,5,7-12,15-18H2,(H,35,37,38). The van der Waals surface area contributed by atoms with Crippen LogP contribution in [0.15, 0.2) is 47.4 Å². The number of benzene rings is 2. The van der Waals surface area contributed by atoms with E-state index in [4.69, 9.17) is 4.74 Å². The third-order valence-electron chi connectivity index (χ3n) is 10.7. The van der Waals surface area contributed by atoms with Crippen LogP contribution in [0.3, 0.4) is 0 Å². The number of amides is 3. The molecular weight excluding hydrogens is 581 g/mol. The highest BCUT2D eigenvalue weighted by molar-refractivity contribution is 7.98. The third kappa shape index (κ3) is 4.79. The first-order valence-corrected chi connectivity index (χ1v) is 17.2. The fourth-order valence-corrected chi connectivity index (χ4v) is 11.1. The van der Waals surface area contributed by atoms with Gasteiger partial charge in [-0.05, 0) is 115 Å². The molecule has 3 heterocycles. The fraction of sp³-hybridized carbons (Fsp3) is 0.471. The summed E-state index contributed by atoms with van der Waals surface area (Å²) in [4.78, 5) is 53.9. The molecule has 43 heavy (non-hydrogen) atoms. The summed E-state index contributed by atoms with van der Waals surface area (Å²) in [5, 5.41) is 3.41. The summed E-state index contributed by atoms with van der Waals surface area (Å²) in [5.74, 6) is 2.35. The molecule has 3 unspecified atom stereocenters.